The molecule has 0 spiro atoms. The first-order chi connectivity index (χ1) is 14.6. The molecule has 5 heteroatoms. The molecular weight excluding hydrogens is 378 g/mol. The molecule has 30 heavy (non-hydrogen) atoms. The third-order valence-electron chi connectivity index (χ3n) is 7.02. The van der Waals surface area contributed by atoms with Gasteiger partial charge in [-0.15, -0.1) is 0 Å². The van der Waals surface area contributed by atoms with Crippen molar-refractivity contribution in [2.75, 3.05) is 6.73 Å². The quantitative estimate of drug-likeness (QED) is 0.269. The Hall–Kier alpha value is -2.89. The lowest BCUT2D eigenvalue weighted by Crippen LogP contribution is -2.49. The van der Waals surface area contributed by atoms with Gasteiger partial charge in [-0.2, -0.15) is 5.48 Å². The van der Waals surface area contributed by atoms with Crippen molar-refractivity contribution in [2.24, 2.45) is 11.8 Å². The Kier molecular flexibility index (Phi) is 4.72. The summed E-state index contributed by atoms with van der Waals surface area (Å²) in [6.07, 6.45) is 9.94. The number of hydrogen-bond acceptors (Lipinski definition) is 4. The van der Waals surface area contributed by atoms with Crippen LogP contribution in [0.3, 0.4) is 0 Å². The normalized spacial score (nSPS) is 26.4. The summed E-state index contributed by atoms with van der Waals surface area (Å²) in [6, 6.07) is 14.2. The summed E-state index contributed by atoms with van der Waals surface area (Å²) in [7, 11) is 0. The standard InChI is InChI=1S/C25H25NO4/c27-24(28)8-3-16-1-4-17(5-2-16)18-6-7-23(30-15-26-29)22(12-18)25-10-9-21-19(13-25)11-20(21)14-25/h1-9,12,19-20,26,29H,10-11,13-15H2,(H,27,28)/b8-3+. The largest absolute Gasteiger partial charge is 0.478 e. The Balaban J connectivity index is 1.50. The van der Waals surface area contributed by atoms with Crippen LogP contribution in [0.5, 0.6) is 5.75 Å². The molecule has 3 N–H and O–H groups in total. The molecule has 5 aliphatic rings. The van der Waals surface area contributed by atoms with Crippen molar-refractivity contribution in [3.8, 4) is 16.9 Å². The summed E-state index contributed by atoms with van der Waals surface area (Å²) in [5, 5.41) is 17.8. The molecule has 5 aliphatic carbocycles. The molecule has 2 aromatic rings. The van der Waals surface area contributed by atoms with Crippen LogP contribution in [0.4, 0.5) is 0 Å². The van der Waals surface area contributed by atoms with Gasteiger partial charge in [0.1, 0.15) is 5.75 Å². The van der Waals surface area contributed by atoms with E-state index in [1.165, 1.54) is 24.8 Å². The van der Waals surface area contributed by atoms with E-state index in [9.17, 15) is 4.79 Å². The van der Waals surface area contributed by atoms with Gasteiger partial charge in [-0.25, -0.2) is 4.79 Å². The maximum atomic E-state index is 10.7. The van der Waals surface area contributed by atoms with Crippen LogP contribution < -0.4 is 10.2 Å². The van der Waals surface area contributed by atoms with E-state index in [1.54, 1.807) is 11.6 Å². The van der Waals surface area contributed by atoms with E-state index in [2.05, 4.69) is 17.6 Å². The fraction of sp³-hybridized carbons (Fsp3) is 0.320. The lowest BCUT2D eigenvalue weighted by molar-refractivity contribution is -0.131. The molecule has 3 fully saturated rings. The van der Waals surface area contributed by atoms with Crippen LogP contribution in [0.15, 0.2) is 60.2 Å². The minimum Gasteiger partial charge on any atom is -0.478 e. The molecule has 0 amide bonds. The molecule has 0 saturated heterocycles. The van der Waals surface area contributed by atoms with Gasteiger partial charge in [0.15, 0.2) is 6.73 Å². The SMILES string of the molecule is O=C(O)/C=C/c1ccc(-c2ccc(OCNO)c(C34CC=C5C(CC5C3)C4)c2)cc1. The molecule has 0 heterocycles. The molecule has 0 aliphatic heterocycles. The van der Waals surface area contributed by atoms with E-state index in [1.807, 2.05) is 36.4 Å². The first-order valence-corrected chi connectivity index (χ1v) is 10.4. The molecule has 7 rings (SSSR count). The molecule has 2 unspecified atom stereocenters. The topological polar surface area (TPSA) is 78.8 Å². The molecule has 0 radical (unpaired) electrons. The van der Waals surface area contributed by atoms with E-state index in [0.29, 0.717) is 0 Å². The molecule has 5 nitrogen and oxygen atoms in total. The van der Waals surface area contributed by atoms with Crippen LogP contribution in [0, 0.1) is 11.8 Å². The monoisotopic (exact) mass is 403 g/mol. The van der Waals surface area contributed by atoms with E-state index < -0.39 is 5.97 Å². The van der Waals surface area contributed by atoms with Crippen molar-refractivity contribution in [3.63, 3.8) is 0 Å². The molecule has 154 valence electrons. The number of hydrogen-bond donors (Lipinski definition) is 3. The number of carboxylic acids is 1. The van der Waals surface area contributed by atoms with Crippen LogP contribution in [0.2, 0.25) is 0 Å². The number of hydroxylamine groups is 1. The molecular formula is C25H25NO4. The lowest BCUT2D eigenvalue weighted by atomic mass is 9.46. The summed E-state index contributed by atoms with van der Waals surface area (Å²) in [5.41, 5.74) is 8.17. The fourth-order valence-corrected chi connectivity index (χ4v) is 5.67. The number of rotatable bonds is 7. The van der Waals surface area contributed by atoms with Crippen LogP contribution in [-0.2, 0) is 10.2 Å². The number of carboxylic acid groups (broad SMARTS) is 1. The average Bonchev–Trinajstić information content (AvgIpc) is 2.76. The van der Waals surface area contributed by atoms with Crippen molar-refractivity contribution in [1.82, 2.24) is 5.48 Å². The third-order valence-corrected chi connectivity index (χ3v) is 7.02. The highest BCUT2D eigenvalue weighted by Crippen LogP contribution is 2.64. The van der Waals surface area contributed by atoms with Crippen molar-refractivity contribution >= 4 is 12.0 Å². The zero-order chi connectivity index (χ0) is 20.7. The Labute approximate surface area is 175 Å². The molecule has 0 aromatic heterocycles. The van der Waals surface area contributed by atoms with Gasteiger partial charge in [-0.05, 0) is 72.4 Å². The van der Waals surface area contributed by atoms with E-state index >= 15 is 0 Å². The average molecular weight is 403 g/mol. The van der Waals surface area contributed by atoms with Gasteiger partial charge in [0.05, 0.1) is 0 Å². The van der Waals surface area contributed by atoms with Gasteiger partial charge in [-0.1, -0.05) is 42.0 Å². The predicted molar refractivity (Wildman–Crippen MR) is 114 cm³/mol. The van der Waals surface area contributed by atoms with Gasteiger partial charge in [0.25, 0.3) is 0 Å². The Morgan fingerprint density at radius 1 is 1.13 bits per heavy atom. The minimum atomic E-state index is -0.953. The second-order valence-corrected chi connectivity index (χ2v) is 8.68. The number of aliphatic carboxylic acids is 1. The summed E-state index contributed by atoms with van der Waals surface area (Å²) in [5.74, 6) is 1.33. The van der Waals surface area contributed by atoms with Crippen molar-refractivity contribution in [2.45, 2.75) is 31.1 Å². The molecule has 3 saturated carbocycles. The van der Waals surface area contributed by atoms with Gasteiger partial charge >= 0.3 is 5.97 Å². The highest BCUT2D eigenvalue weighted by molar-refractivity contribution is 5.85. The van der Waals surface area contributed by atoms with Gasteiger partial charge in [0, 0.05) is 17.1 Å². The summed E-state index contributed by atoms with van der Waals surface area (Å²) >= 11 is 0. The van der Waals surface area contributed by atoms with E-state index in [4.69, 9.17) is 15.1 Å². The summed E-state index contributed by atoms with van der Waals surface area (Å²) in [6.45, 7) is 0.0565. The molecule has 2 atom stereocenters. The van der Waals surface area contributed by atoms with E-state index in [0.717, 1.165) is 46.8 Å². The smallest absolute Gasteiger partial charge is 0.328 e. The van der Waals surface area contributed by atoms with Crippen molar-refractivity contribution < 1.29 is 19.8 Å². The van der Waals surface area contributed by atoms with Crippen LogP contribution in [-0.4, -0.2) is 23.0 Å². The predicted octanol–water partition coefficient (Wildman–Crippen LogP) is 4.76. The van der Waals surface area contributed by atoms with Crippen LogP contribution in [0.1, 0.15) is 36.8 Å². The van der Waals surface area contributed by atoms with Gasteiger partial charge < -0.3 is 15.1 Å². The van der Waals surface area contributed by atoms with Gasteiger partial charge in [-0.3, -0.25) is 0 Å². The number of allylic oxidation sites excluding steroid dienone is 2. The zero-order valence-corrected chi connectivity index (χ0v) is 16.7. The minimum absolute atomic E-state index is 0.0565. The molecule has 4 bridgehead atoms. The number of benzene rings is 2. The van der Waals surface area contributed by atoms with Gasteiger partial charge in [0.2, 0.25) is 0 Å². The van der Waals surface area contributed by atoms with Crippen LogP contribution >= 0.6 is 0 Å². The third kappa shape index (κ3) is 3.24. The Morgan fingerprint density at radius 2 is 1.87 bits per heavy atom. The lowest BCUT2D eigenvalue weighted by Gasteiger charge is -2.58. The first-order valence-electron chi connectivity index (χ1n) is 10.4. The highest BCUT2D eigenvalue weighted by atomic mass is 16.6. The number of carbonyl (C=O) groups is 1. The maximum absolute atomic E-state index is 10.7. The fourth-order valence-electron chi connectivity index (χ4n) is 5.67. The second kappa shape index (κ2) is 7.42. The summed E-state index contributed by atoms with van der Waals surface area (Å²) in [4.78, 5) is 10.7. The number of nitrogens with one attached hydrogen (secondary N) is 1. The first kappa shape index (κ1) is 19.1. The highest BCUT2D eigenvalue weighted by Gasteiger charge is 2.54. The Morgan fingerprint density at radius 3 is 2.53 bits per heavy atom. The van der Waals surface area contributed by atoms with Crippen molar-refractivity contribution in [1.29, 1.82) is 0 Å². The Bertz CT molecular complexity index is 1020. The number of ether oxygens (including phenoxy) is 1. The number of fused-ring (bicyclic) bond motifs is 1. The van der Waals surface area contributed by atoms with Crippen molar-refractivity contribution in [3.05, 3.63) is 71.3 Å². The van der Waals surface area contributed by atoms with Crippen LogP contribution in [0.25, 0.3) is 17.2 Å². The zero-order valence-electron chi connectivity index (χ0n) is 16.7. The van der Waals surface area contributed by atoms with E-state index in [-0.39, 0.29) is 12.1 Å². The maximum Gasteiger partial charge on any atom is 0.328 e. The molecule has 2 aromatic carbocycles. The second-order valence-electron chi connectivity index (χ2n) is 8.68. The summed E-state index contributed by atoms with van der Waals surface area (Å²) < 4.78 is 5.85.